The van der Waals surface area contributed by atoms with Crippen molar-refractivity contribution >= 4 is 12.4 Å². The molecule has 1 aromatic heterocycles. The van der Waals surface area contributed by atoms with Crippen molar-refractivity contribution in [2.24, 2.45) is 11.1 Å². The van der Waals surface area contributed by atoms with Gasteiger partial charge in [0.2, 0.25) is 5.89 Å². The molecule has 1 saturated heterocycles. The van der Waals surface area contributed by atoms with Crippen LogP contribution in [0.2, 0.25) is 0 Å². The van der Waals surface area contributed by atoms with Gasteiger partial charge >= 0.3 is 0 Å². The largest absolute Gasteiger partial charge is 0.339 e. The Morgan fingerprint density at radius 1 is 1.35 bits per heavy atom. The molecule has 0 aliphatic carbocycles. The number of hydrogen-bond acceptors (Lipinski definition) is 5. The Hall–Kier alpha value is -1.43. The lowest BCUT2D eigenvalue weighted by Gasteiger charge is -2.21. The molecule has 0 radical (unpaired) electrons. The Labute approximate surface area is 143 Å². The summed E-state index contributed by atoms with van der Waals surface area (Å²) in [6.07, 6.45) is 1.83. The normalized spacial score (nSPS) is 21.3. The van der Waals surface area contributed by atoms with E-state index in [1.54, 1.807) is 0 Å². The summed E-state index contributed by atoms with van der Waals surface area (Å²) in [6, 6.07) is 8.29. The maximum absolute atomic E-state index is 5.85. The van der Waals surface area contributed by atoms with E-state index >= 15 is 0 Å². The fourth-order valence-electron chi connectivity index (χ4n) is 3.03. The zero-order valence-corrected chi connectivity index (χ0v) is 14.6. The van der Waals surface area contributed by atoms with Gasteiger partial charge in [-0.1, -0.05) is 36.3 Å². The minimum Gasteiger partial charge on any atom is -0.339 e. The van der Waals surface area contributed by atoms with Crippen LogP contribution in [-0.4, -0.2) is 34.7 Å². The van der Waals surface area contributed by atoms with Crippen molar-refractivity contribution < 1.29 is 4.52 Å². The Kier molecular flexibility index (Phi) is 5.79. The molecule has 0 bridgehead atoms. The van der Waals surface area contributed by atoms with Gasteiger partial charge in [0.25, 0.3) is 0 Å². The second kappa shape index (κ2) is 7.43. The van der Waals surface area contributed by atoms with E-state index in [4.69, 9.17) is 10.3 Å². The Morgan fingerprint density at radius 3 is 2.83 bits per heavy atom. The van der Waals surface area contributed by atoms with Crippen LogP contribution < -0.4 is 5.73 Å². The molecule has 2 N–H and O–H groups in total. The Bertz CT molecular complexity index is 645. The number of likely N-dealkylation sites (tertiary alicyclic amines) is 1. The first-order valence-corrected chi connectivity index (χ1v) is 7.86. The summed E-state index contributed by atoms with van der Waals surface area (Å²) in [7, 11) is 0. The van der Waals surface area contributed by atoms with E-state index in [0.717, 1.165) is 38.4 Å². The highest BCUT2D eigenvalue weighted by molar-refractivity contribution is 5.85. The summed E-state index contributed by atoms with van der Waals surface area (Å²) in [5.41, 5.74) is 8.56. The highest BCUT2D eigenvalue weighted by atomic mass is 35.5. The lowest BCUT2D eigenvalue weighted by Crippen LogP contribution is -2.31. The minimum atomic E-state index is 0. The average Bonchev–Trinajstić information content (AvgIpc) is 3.10. The van der Waals surface area contributed by atoms with Crippen LogP contribution in [0.5, 0.6) is 0 Å². The summed E-state index contributed by atoms with van der Waals surface area (Å²) in [4.78, 5) is 6.89. The van der Waals surface area contributed by atoms with E-state index in [2.05, 4.69) is 41.0 Å². The first-order valence-electron chi connectivity index (χ1n) is 7.86. The molecule has 6 heteroatoms. The monoisotopic (exact) mass is 336 g/mol. The van der Waals surface area contributed by atoms with Gasteiger partial charge in [-0.15, -0.1) is 12.4 Å². The summed E-state index contributed by atoms with van der Waals surface area (Å²) in [5.74, 6) is 1.45. The second-order valence-corrected chi connectivity index (χ2v) is 6.68. The predicted octanol–water partition coefficient (Wildman–Crippen LogP) is 2.56. The molecule has 3 rings (SSSR count). The number of rotatable bonds is 5. The zero-order valence-electron chi connectivity index (χ0n) is 13.8. The van der Waals surface area contributed by atoms with Gasteiger partial charge in [0.05, 0.1) is 13.0 Å². The summed E-state index contributed by atoms with van der Waals surface area (Å²) in [6.45, 7) is 7.87. The molecule has 1 aromatic carbocycles. The van der Waals surface area contributed by atoms with Gasteiger partial charge in [-0.25, -0.2) is 0 Å². The van der Waals surface area contributed by atoms with Crippen LogP contribution in [-0.2, 0) is 13.0 Å². The van der Waals surface area contributed by atoms with Crippen molar-refractivity contribution in [2.75, 3.05) is 19.6 Å². The van der Waals surface area contributed by atoms with Gasteiger partial charge < -0.3 is 10.3 Å². The quantitative estimate of drug-likeness (QED) is 0.908. The van der Waals surface area contributed by atoms with Gasteiger partial charge in [0.1, 0.15) is 0 Å². The Balaban J connectivity index is 0.00000192. The number of aromatic nitrogens is 2. The number of hydrogen-bond donors (Lipinski definition) is 1. The van der Waals surface area contributed by atoms with Crippen molar-refractivity contribution in [1.82, 2.24) is 15.0 Å². The third-order valence-electron chi connectivity index (χ3n) is 4.61. The van der Waals surface area contributed by atoms with Crippen molar-refractivity contribution in [3.63, 3.8) is 0 Å². The van der Waals surface area contributed by atoms with Crippen LogP contribution >= 0.6 is 12.4 Å². The van der Waals surface area contributed by atoms with Crippen molar-refractivity contribution in [3.05, 3.63) is 47.1 Å². The maximum Gasteiger partial charge on any atom is 0.231 e. The van der Waals surface area contributed by atoms with Gasteiger partial charge in [-0.3, -0.25) is 4.90 Å². The molecular weight excluding hydrogens is 312 g/mol. The van der Waals surface area contributed by atoms with Crippen LogP contribution in [0.25, 0.3) is 0 Å². The molecule has 0 spiro atoms. The summed E-state index contributed by atoms with van der Waals surface area (Å²) >= 11 is 0. The van der Waals surface area contributed by atoms with Crippen LogP contribution in [0.1, 0.15) is 36.2 Å². The molecule has 2 aromatic rings. The fourth-order valence-corrected chi connectivity index (χ4v) is 3.03. The molecule has 5 nitrogen and oxygen atoms in total. The summed E-state index contributed by atoms with van der Waals surface area (Å²) in [5, 5.41) is 4.12. The smallest absolute Gasteiger partial charge is 0.231 e. The van der Waals surface area contributed by atoms with E-state index in [1.807, 2.05) is 12.1 Å². The molecule has 0 amide bonds. The number of nitrogens with zero attached hydrogens (tertiary/aromatic N) is 3. The molecule has 126 valence electrons. The van der Waals surface area contributed by atoms with E-state index in [0.29, 0.717) is 12.3 Å². The van der Waals surface area contributed by atoms with E-state index in [9.17, 15) is 0 Å². The zero-order chi connectivity index (χ0) is 15.6. The molecule has 1 atom stereocenters. The number of aryl methyl sites for hydroxylation is 1. The maximum atomic E-state index is 5.85. The highest BCUT2D eigenvalue weighted by Crippen LogP contribution is 2.29. The Morgan fingerprint density at radius 2 is 2.13 bits per heavy atom. The molecular formula is C17H25ClN4O. The average molecular weight is 337 g/mol. The van der Waals surface area contributed by atoms with Crippen molar-refractivity contribution in [2.45, 2.75) is 33.2 Å². The molecule has 1 fully saturated rings. The lowest BCUT2D eigenvalue weighted by atomic mass is 9.90. The van der Waals surface area contributed by atoms with Gasteiger partial charge in [0.15, 0.2) is 5.82 Å². The van der Waals surface area contributed by atoms with Gasteiger partial charge in [-0.2, -0.15) is 4.98 Å². The number of benzene rings is 1. The van der Waals surface area contributed by atoms with E-state index < -0.39 is 0 Å². The van der Waals surface area contributed by atoms with E-state index in [-0.39, 0.29) is 17.8 Å². The first-order chi connectivity index (χ1) is 10.6. The molecule has 2 heterocycles. The fraction of sp³-hybridized carbons (Fsp3) is 0.529. The highest BCUT2D eigenvalue weighted by Gasteiger charge is 2.32. The summed E-state index contributed by atoms with van der Waals surface area (Å²) < 4.78 is 5.40. The van der Waals surface area contributed by atoms with Crippen LogP contribution in [0.4, 0.5) is 0 Å². The topological polar surface area (TPSA) is 68.2 Å². The van der Waals surface area contributed by atoms with Crippen molar-refractivity contribution in [1.29, 1.82) is 0 Å². The van der Waals surface area contributed by atoms with Crippen molar-refractivity contribution in [3.8, 4) is 0 Å². The lowest BCUT2D eigenvalue weighted by molar-refractivity contribution is 0.265. The molecule has 0 saturated carbocycles. The number of halogens is 1. The number of nitrogens with two attached hydrogens (primary N) is 1. The third kappa shape index (κ3) is 4.31. The van der Waals surface area contributed by atoms with Crippen LogP contribution in [0, 0.1) is 12.3 Å². The SMILES string of the molecule is Cc1ccccc1Cc1nc(CN2CCC(C)(CN)C2)no1.Cl. The molecule has 1 aliphatic rings. The van der Waals surface area contributed by atoms with E-state index in [1.165, 1.54) is 11.1 Å². The molecule has 1 unspecified atom stereocenters. The van der Waals surface area contributed by atoms with Crippen LogP contribution in [0.15, 0.2) is 28.8 Å². The van der Waals surface area contributed by atoms with Gasteiger partial charge in [0, 0.05) is 6.54 Å². The molecule has 23 heavy (non-hydrogen) atoms. The second-order valence-electron chi connectivity index (χ2n) is 6.68. The minimum absolute atomic E-state index is 0. The third-order valence-corrected chi connectivity index (χ3v) is 4.61. The molecule has 1 aliphatic heterocycles. The standard InChI is InChI=1S/C17H24N4O.ClH/c1-13-5-3-4-6-14(13)9-16-19-15(20-22-16)10-21-8-7-17(2,11-18)12-21;/h3-6H,7-12,18H2,1-2H3;1H. The van der Waals surface area contributed by atoms with Crippen LogP contribution in [0.3, 0.4) is 0 Å². The predicted molar refractivity (Wildman–Crippen MR) is 92.6 cm³/mol. The first kappa shape index (κ1) is 17.9. The van der Waals surface area contributed by atoms with Gasteiger partial charge in [-0.05, 0) is 43.0 Å².